The molecule has 0 saturated heterocycles. The molecule has 0 aromatic heterocycles. The Bertz CT molecular complexity index is 398. The second-order valence-electron chi connectivity index (χ2n) is 5.73. The molecule has 2 atom stereocenters. The van der Waals surface area contributed by atoms with Gasteiger partial charge in [-0.1, -0.05) is 31.0 Å². The van der Waals surface area contributed by atoms with Crippen molar-refractivity contribution < 1.29 is 4.74 Å². The Morgan fingerprint density at radius 2 is 1.94 bits per heavy atom. The van der Waals surface area contributed by atoms with Crippen molar-refractivity contribution in [2.24, 2.45) is 5.92 Å². The van der Waals surface area contributed by atoms with E-state index < -0.39 is 0 Å². The third-order valence-corrected chi connectivity index (χ3v) is 4.53. The van der Waals surface area contributed by atoms with E-state index in [1.54, 1.807) is 0 Å². The molecular formula is C16H23NO. The molecule has 0 amide bonds. The van der Waals surface area contributed by atoms with Gasteiger partial charge in [-0.2, -0.15) is 0 Å². The van der Waals surface area contributed by atoms with E-state index in [9.17, 15) is 0 Å². The lowest BCUT2D eigenvalue weighted by molar-refractivity contribution is 0.233. The molecule has 1 fully saturated rings. The molecule has 2 unspecified atom stereocenters. The lowest BCUT2D eigenvalue weighted by Crippen LogP contribution is -2.37. The maximum atomic E-state index is 5.72. The van der Waals surface area contributed by atoms with E-state index in [0.29, 0.717) is 12.1 Å². The van der Waals surface area contributed by atoms with Crippen molar-refractivity contribution >= 4 is 0 Å². The molecule has 0 spiro atoms. The minimum Gasteiger partial charge on any atom is -0.493 e. The molecule has 98 valence electrons. The monoisotopic (exact) mass is 245 g/mol. The number of hydrogen-bond donors (Lipinski definition) is 1. The second kappa shape index (κ2) is 5.31. The van der Waals surface area contributed by atoms with E-state index in [2.05, 4.69) is 36.5 Å². The van der Waals surface area contributed by atoms with Crippen LogP contribution in [0.5, 0.6) is 5.75 Å². The number of rotatable bonds is 3. The molecule has 0 bridgehead atoms. The van der Waals surface area contributed by atoms with Gasteiger partial charge in [-0.25, -0.2) is 0 Å². The summed E-state index contributed by atoms with van der Waals surface area (Å²) in [4.78, 5) is 0. The van der Waals surface area contributed by atoms with Crippen LogP contribution in [0.2, 0.25) is 0 Å². The quantitative estimate of drug-likeness (QED) is 0.877. The summed E-state index contributed by atoms with van der Waals surface area (Å²) >= 11 is 0. The minimum atomic E-state index is 0.477. The van der Waals surface area contributed by atoms with Crippen molar-refractivity contribution in [1.29, 1.82) is 0 Å². The Morgan fingerprint density at radius 1 is 1.17 bits per heavy atom. The van der Waals surface area contributed by atoms with Gasteiger partial charge >= 0.3 is 0 Å². The molecule has 2 aliphatic rings. The average molecular weight is 245 g/mol. The first-order chi connectivity index (χ1) is 8.84. The molecule has 2 nitrogen and oxygen atoms in total. The van der Waals surface area contributed by atoms with Crippen molar-refractivity contribution in [2.45, 2.75) is 51.1 Å². The highest BCUT2D eigenvalue weighted by molar-refractivity contribution is 5.37. The average Bonchev–Trinajstić information content (AvgIpc) is 2.93. The first kappa shape index (κ1) is 12.0. The predicted octanol–water partition coefficient (Wildman–Crippen LogP) is 3.68. The maximum Gasteiger partial charge on any atom is 0.124 e. The Kier molecular flexibility index (Phi) is 3.55. The van der Waals surface area contributed by atoms with Crippen molar-refractivity contribution in [3.8, 4) is 5.75 Å². The highest BCUT2D eigenvalue weighted by Gasteiger charge is 2.27. The van der Waals surface area contributed by atoms with Gasteiger partial charge in [0, 0.05) is 24.1 Å². The van der Waals surface area contributed by atoms with E-state index in [-0.39, 0.29) is 0 Å². The van der Waals surface area contributed by atoms with E-state index in [0.717, 1.165) is 24.7 Å². The summed E-state index contributed by atoms with van der Waals surface area (Å²) in [6, 6.07) is 9.57. The highest BCUT2D eigenvalue weighted by atomic mass is 16.5. The zero-order valence-electron chi connectivity index (χ0n) is 11.2. The van der Waals surface area contributed by atoms with Crippen LogP contribution in [0.1, 0.15) is 50.6 Å². The van der Waals surface area contributed by atoms with Crippen LogP contribution in [0.25, 0.3) is 0 Å². The number of para-hydroxylation sites is 1. The van der Waals surface area contributed by atoms with Crippen molar-refractivity contribution in [1.82, 2.24) is 5.32 Å². The summed E-state index contributed by atoms with van der Waals surface area (Å²) in [5.74, 6) is 1.94. The topological polar surface area (TPSA) is 21.3 Å². The van der Waals surface area contributed by atoms with Gasteiger partial charge in [0.15, 0.2) is 0 Å². The molecular weight excluding hydrogens is 222 g/mol. The molecule has 0 radical (unpaired) electrons. The molecule has 1 aromatic carbocycles. The Morgan fingerprint density at radius 3 is 2.78 bits per heavy atom. The minimum absolute atomic E-state index is 0.477. The number of nitrogens with one attached hydrogen (secondary N) is 1. The largest absolute Gasteiger partial charge is 0.493 e. The van der Waals surface area contributed by atoms with Gasteiger partial charge in [0.05, 0.1) is 6.61 Å². The van der Waals surface area contributed by atoms with Crippen LogP contribution in [0.4, 0.5) is 0 Å². The van der Waals surface area contributed by atoms with Gasteiger partial charge < -0.3 is 10.1 Å². The van der Waals surface area contributed by atoms with Gasteiger partial charge in [-0.05, 0) is 31.7 Å². The molecule has 18 heavy (non-hydrogen) atoms. The summed E-state index contributed by atoms with van der Waals surface area (Å²) < 4.78 is 5.72. The summed E-state index contributed by atoms with van der Waals surface area (Å²) in [5.41, 5.74) is 1.34. The Hall–Kier alpha value is -1.02. The van der Waals surface area contributed by atoms with Crippen molar-refractivity contribution in [3.63, 3.8) is 0 Å². The van der Waals surface area contributed by atoms with Gasteiger partial charge in [0.1, 0.15) is 5.75 Å². The van der Waals surface area contributed by atoms with Crippen LogP contribution in [0.15, 0.2) is 24.3 Å². The summed E-state index contributed by atoms with van der Waals surface area (Å²) in [6.07, 6.45) is 6.73. The fraction of sp³-hybridized carbons (Fsp3) is 0.625. The summed E-state index contributed by atoms with van der Waals surface area (Å²) in [5, 5.41) is 3.84. The van der Waals surface area contributed by atoms with Crippen LogP contribution in [0.3, 0.4) is 0 Å². The SMILES string of the molecule is CC(NC1CCOc2ccccc21)C1CCCC1. The van der Waals surface area contributed by atoms with Crippen LogP contribution in [-0.2, 0) is 0 Å². The molecule has 1 heterocycles. The third kappa shape index (κ3) is 2.39. The Balaban J connectivity index is 1.70. The van der Waals surface area contributed by atoms with Crippen molar-refractivity contribution in [3.05, 3.63) is 29.8 Å². The maximum absolute atomic E-state index is 5.72. The van der Waals surface area contributed by atoms with Crippen LogP contribution in [-0.4, -0.2) is 12.6 Å². The van der Waals surface area contributed by atoms with Crippen LogP contribution >= 0.6 is 0 Å². The first-order valence-electron chi connectivity index (χ1n) is 7.32. The number of hydrogen-bond acceptors (Lipinski definition) is 2. The number of benzene rings is 1. The highest BCUT2D eigenvalue weighted by Crippen LogP contribution is 2.34. The van der Waals surface area contributed by atoms with Crippen LogP contribution in [0, 0.1) is 5.92 Å². The predicted molar refractivity (Wildman–Crippen MR) is 73.9 cm³/mol. The standard InChI is InChI=1S/C16H23NO/c1-12(13-6-2-3-7-13)17-15-10-11-18-16-9-5-4-8-14(15)16/h4-5,8-9,12-13,15,17H,2-3,6-7,10-11H2,1H3. The lowest BCUT2D eigenvalue weighted by atomic mass is 9.95. The summed E-state index contributed by atoms with van der Waals surface area (Å²) in [7, 11) is 0. The molecule has 1 N–H and O–H groups in total. The summed E-state index contributed by atoms with van der Waals surface area (Å²) in [6.45, 7) is 3.19. The van der Waals surface area contributed by atoms with Gasteiger partial charge in [-0.3, -0.25) is 0 Å². The zero-order chi connectivity index (χ0) is 12.4. The smallest absolute Gasteiger partial charge is 0.124 e. The van der Waals surface area contributed by atoms with E-state index in [1.807, 2.05) is 0 Å². The van der Waals surface area contributed by atoms with E-state index in [4.69, 9.17) is 4.74 Å². The van der Waals surface area contributed by atoms with Gasteiger partial charge in [0.2, 0.25) is 0 Å². The molecule has 1 saturated carbocycles. The molecule has 1 aliphatic heterocycles. The molecule has 1 aromatic rings. The lowest BCUT2D eigenvalue weighted by Gasteiger charge is -2.31. The fourth-order valence-corrected chi connectivity index (χ4v) is 3.43. The molecule has 3 rings (SSSR count). The van der Waals surface area contributed by atoms with Crippen LogP contribution < -0.4 is 10.1 Å². The normalized spacial score (nSPS) is 25.5. The number of fused-ring (bicyclic) bond motifs is 1. The third-order valence-electron chi connectivity index (χ3n) is 4.53. The fourth-order valence-electron chi connectivity index (χ4n) is 3.43. The van der Waals surface area contributed by atoms with E-state index >= 15 is 0 Å². The van der Waals surface area contributed by atoms with Crippen molar-refractivity contribution in [2.75, 3.05) is 6.61 Å². The first-order valence-corrected chi connectivity index (χ1v) is 7.32. The number of ether oxygens (including phenoxy) is 1. The zero-order valence-corrected chi connectivity index (χ0v) is 11.2. The molecule has 1 aliphatic carbocycles. The second-order valence-corrected chi connectivity index (χ2v) is 5.73. The van der Waals surface area contributed by atoms with Gasteiger partial charge in [0.25, 0.3) is 0 Å². The van der Waals surface area contributed by atoms with E-state index in [1.165, 1.54) is 31.2 Å². The molecule has 2 heteroatoms. The Labute approximate surface area is 110 Å². The van der Waals surface area contributed by atoms with Gasteiger partial charge in [-0.15, -0.1) is 0 Å².